The smallest absolute Gasteiger partial charge is 0.418 e. The van der Waals surface area contributed by atoms with Crippen molar-refractivity contribution in [3.8, 4) is 17.2 Å². The maximum atomic E-state index is 14.1. The van der Waals surface area contributed by atoms with E-state index < -0.39 is 29.4 Å². The van der Waals surface area contributed by atoms with Gasteiger partial charge in [0.2, 0.25) is 0 Å². The van der Waals surface area contributed by atoms with Crippen LogP contribution in [0.4, 0.5) is 23.7 Å². The number of aromatic nitrogens is 2. The number of amides is 2. The Bertz CT molecular complexity index is 1690. The van der Waals surface area contributed by atoms with Gasteiger partial charge in [0.05, 0.1) is 52.6 Å². The Balaban J connectivity index is 1.92. The molecule has 1 heterocycles. The molecule has 8 nitrogen and oxygen atoms in total. The minimum absolute atomic E-state index is 0.175. The van der Waals surface area contributed by atoms with Gasteiger partial charge in [0.15, 0.2) is 0 Å². The second kappa shape index (κ2) is 13.1. The third-order valence-corrected chi connectivity index (χ3v) is 7.81. The summed E-state index contributed by atoms with van der Waals surface area (Å²) >= 11 is 3.54. The first-order valence-corrected chi connectivity index (χ1v) is 14.3. The highest BCUT2D eigenvalue weighted by atomic mass is 79.9. The normalized spacial score (nSPS) is 12.3. The Morgan fingerprint density at radius 3 is 2.37 bits per heavy atom. The van der Waals surface area contributed by atoms with Crippen LogP contribution in [0.5, 0.6) is 11.5 Å². The largest absolute Gasteiger partial charge is 0.497 e. The number of hydrogen-bond acceptors (Lipinski definition) is 5. The van der Waals surface area contributed by atoms with E-state index in [-0.39, 0.29) is 24.0 Å². The predicted octanol–water partition coefficient (Wildman–Crippen LogP) is 7.83. The molecule has 12 heteroatoms. The molecule has 0 radical (unpaired) electrons. The fourth-order valence-corrected chi connectivity index (χ4v) is 5.25. The molecule has 0 aliphatic carbocycles. The van der Waals surface area contributed by atoms with Crippen molar-refractivity contribution < 1.29 is 27.4 Å². The van der Waals surface area contributed by atoms with Crippen molar-refractivity contribution in [1.29, 1.82) is 0 Å². The Hall–Kier alpha value is -4.06. The lowest BCUT2D eigenvalue weighted by Gasteiger charge is -2.32. The van der Waals surface area contributed by atoms with E-state index in [0.29, 0.717) is 39.0 Å². The topological polar surface area (TPSA) is 85.7 Å². The molecule has 228 valence electrons. The molecule has 43 heavy (non-hydrogen) atoms. The first-order valence-electron chi connectivity index (χ1n) is 13.5. The van der Waals surface area contributed by atoms with Crippen LogP contribution in [-0.2, 0) is 6.18 Å². The minimum atomic E-state index is -4.67. The van der Waals surface area contributed by atoms with Crippen LogP contribution >= 0.6 is 15.9 Å². The molecule has 3 aromatic carbocycles. The van der Waals surface area contributed by atoms with Crippen molar-refractivity contribution in [3.63, 3.8) is 0 Å². The summed E-state index contributed by atoms with van der Waals surface area (Å²) in [5, 5.41) is 2.79. The van der Waals surface area contributed by atoms with Crippen LogP contribution in [0.15, 0.2) is 69.9 Å². The van der Waals surface area contributed by atoms with E-state index in [0.717, 1.165) is 6.07 Å². The number of alkyl halides is 3. The first-order chi connectivity index (χ1) is 20.4. The van der Waals surface area contributed by atoms with Crippen LogP contribution in [0.1, 0.15) is 44.6 Å². The lowest BCUT2D eigenvalue weighted by Crippen LogP contribution is -2.41. The van der Waals surface area contributed by atoms with Gasteiger partial charge in [-0.1, -0.05) is 38.1 Å². The van der Waals surface area contributed by atoms with Crippen molar-refractivity contribution in [2.75, 3.05) is 26.1 Å². The van der Waals surface area contributed by atoms with Gasteiger partial charge in [-0.2, -0.15) is 13.2 Å². The van der Waals surface area contributed by atoms with Crippen molar-refractivity contribution >= 4 is 38.6 Å². The van der Waals surface area contributed by atoms with Crippen molar-refractivity contribution in [3.05, 3.63) is 86.9 Å². The van der Waals surface area contributed by atoms with Gasteiger partial charge >= 0.3 is 12.2 Å². The number of carbonyl (C=O) groups excluding carboxylic acids is 1. The number of benzene rings is 3. The maximum Gasteiger partial charge on any atom is 0.418 e. The lowest BCUT2D eigenvalue weighted by atomic mass is 10.1. The number of nitrogens with zero attached hydrogens (tertiary/aromatic N) is 3. The quantitative estimate of drug-likeness (QED) is 0.198. The van der Waals surface area contributed by atoms with Crippen LogP contribution in [0.25, 0.3) is 16.6 Å². The minimum Gasteiger partial charge on any atom is -0.497 e. The van der Waals surface area contributed by atoms with Gasteiger partial charge in [0, 0.05) is 18.7 Å². The van der Waals surface area contributed by atoms with Crippen LogP contribution in [0.2, 0.25) is 0 Å². The van der Waals surface area contributed by atoms with Crippen LogP contribution in [0, 0.1) is 5.92 Å². The van der Waals surface area contributed by atoms with E-state index in [1.165, 1.54) is 41.9 Å². The summed E-state index contributed by atoms with van der Waals surface area (Å²) in [6.07, 6.45) is -4.12. The maximum absolute atomic E-state index is 14.1. The molecular weight excluding hydrogens is 629 g/mol. The van der Waals surface area contributed by atoms with Gasteiger partial charge in [-0.05, 0) is 59.5 Å². The molecule has 0 fully saturated rings. The van der Waals surface area contributed by atoms with E-state index >= 15 is 0 Å². The third kappa shape index (κ3) is 6.79. The summed E-state index contributed by atoms with van der Waals surface area (Å²) in [5.41, 5.74) is -0.981. The fraction of sp³-hybridized carbons (Fsp3) is 0.323. The lowest BCUT2D eigenvalue weighted by molar-refractivity contribution is -0.136. The predicted molar refractivity (Wildman–Crippen MR) is 163 cm³/mol. The van der Waals surface area contributed by atoms with Crippen LogP contribution < -0.4 is 20.3 Å². The van der Waals surface area contributed by atoms with E-state index in [1.54, 1.807) is 43.3 Å². The van der Waals surface area contributed by atoms with E-state index in [1.807, 2.05) is 13.8 Å². The van der Waals surface area contributed by atoms with Gasteiger partial charge in [0.25, 0.3) is 5.56 Å². The number of nitrogens with one attached hydrogen (secondary N) is 1. The average molecular weight is 662 g/mol. The number of rotatable bonds is 9. The second-order valence-corrected chi connectivity index (χ2v) is 11.1. The molecule has 0 bridgehead atoms. The molecule has 1 unspecified atom stereocenters. The summed E-state index contributed by atoms with van der Waals surface area (Å²) in [6.45, 7) is 5.82. The Kier molecular flexibility index (Phi) is 9.69. The van der Waals surface area contributed by atoms with Gasteiger partial charge in [-0.15, -0.1) is 0 Å². The highest BCUT2D eigenvalue weighted by molar-refractivity contribution is 9.10. The summed E-state index contributed by atoms with van der Waals surface area (Å²) in [6, 6.07) is 13.3. The van der Waals surface area contributed by atoms with Crippen LogP contribution in [-0.4, -0.2) is 41.2 Å². The number of para-hydroxylation sites is 2. The number of methoxy groups -OCH3 is 2. The summed E-state index contributed by atoms with van der Waals surface area (Å²) in [5.74, 6) is 1.18. The zero-order valence-electron chi connectivity index (χ0n) is 24.3. The Morgan fingerprint density at radius 1 is 1.05 bits per heavy atom. The number of fused-ring (bicyclic) bond motifs is 1. The number of ether oxygens (including phenoxy) is 2. The molecule has 1 aromatic heterocycles. The van der Waals surface area contributed by atoms with Gasteiger partial charge in [0.1, 0.15) is 17.3 Å². The summed E-state index contributed by atoms with van der Waals surface area (Å²) in [7, 11) is 2.96. The molecule has 4 rings (SSSR count). The number of anilines is 1. The number of halogens is 4. The molecule has 0 aliphatic heterocycles. The second-order valence-electron chi connectivity index (χ2n) is 10.3. The third-order valence-electron chi connectivity index (χ3n) is 7.02. The van der Waals surface area contributed by atoms with Crippen LogP contribution in [0.3, 0.4) is 0 Å². The van der Waals surface area contributed by atoms with Gasteiger partial charge in [-0.3, -0.25) is 9.36 Å². The molecule has 2 amide bonds. The average Bonchev–Trinajstić information content (AvgIpc) is 2.97. The van der Waals surface area contributed by atoms with Crippen molar-refractivity contribution in [2.24, 2.45) is 5.92 Å². The standard InChI is InChI=1S/C31H32BrF3N4O4/c1-18(2)14-15-38(30(41)37-24-13-9-7-11-22(24)31(33,34)35)19(3)28-36-23-12-8-6-10-21(23)29(40)39(28)25-16-20(42-4)17-26(43-5)27(25)32/h6-13,16-19H,14-15H2,1-5H3,(H,37,41). The SMILES string of the molecule is COc1cc(OC)c(Br)c(-n2c(C(C)N(CCC(C)C)C(=O)Nc3ccccc3C(F)(F)F)nc3ccccc3c2=O)c1. The zero-order valence-corrected chi connectivity index (χ0v) is 25.9. The summed E-state index contributed by atoms with van der Waals surface area (Å²) < 4.78 is 54.0. The molecule has 0 spiro atoms. The van der Waals surface area contributed by atoms with E-state index in [2.05, 4.69) is 21.2 Å². The highest BCUT2D eigenvalue weighted by Gasteiger charge is 2.35. The Morgan fingerprint density at radius 2 is 1.72 bits per heavy atom. The Labute approximate surface area is 255 Å². The van der Waals surface area contributed by atoms with Gasteiger partial charge in [-0.25, -0.2) is 9.78 Å². The monoisotopic (exact) mass is 660 g/mol. The molecule has 0 saturated heterocycles. The summed E-state index contributed by atoms with van der Waals surface area (Å²) in [4.78, 5) is 34.1. The number of hydrogen-bond donors (Lipinski definition) is 1. The van der Waals surface area contributed by atoms with Crippen molar-refractivity contribution in [2.45, 2.75) is 39.4 Å². The molecule has 0 saturated carbocycles. The van der Waals surface area contributed by atoms with Crippen molar-refractivity contribution in [1.82, 2.24) is 14.5 Å². The molecule has 4 aromatic rings. The first kappa shape index (κ1) is 31.9. The van der Waals surface area contributed by atoms with Gasteiger partial charge < -0.3 is 19.7 Å². The van der Waals surface area contributed by atoms with E-state index in [4.69, 9.17) is 14.5 Å². The molecular formula is C31H32BrF3N4O4. The molecule has 0 aliphatic rings. The van der Waals surface area contributed by atoms with E-state index in [9.17, 15) is 22.8 Å². The fourth-order valence-electron chi connectivity index (χ4n) is 4.68. The number of urea groups is 1. The molecule has 1 atom stereocenters. The zero-order chi connectivity index (χ0) is 31.5. The highest BCUT2D eigenvalue weighted by Crippen LogP contribution is 2.38. The molecule has 1 N–H and O–H groups in total. The number of carbonyl (C=O) groups is 1.